The van der Waals surface area contributed by atoms with E-state index in [0.717, 1.165) is 38.2 Å². The molecule has 0 heterocycles. The molecule has 150 valence electrons. The molecular weight excluding hydrogens is 344 g/mol. The van der Waals surface area contributed by atoms with Gasteiger partial charge in [-0.3, -0.25) is 14.4 Å². The van der Waals surface area contributed by atoms with Gasteiger partial charge < -0.3 is 10.2 Å². The second-order valence-electron chi connectivity index (χ2n) is 6.32. The highest BCUT2D eigenvalue weighted by atomic mass is 16.4. The minimum absolute atomic E-state index is 0.186. The molecule has 0 spiro atoms. The Bertz CT molecular complexity index is 555. The van der Waals surface area contributed by atoms with E-state index in [1.54, 1.807) is 18.2 Å². The molecule has 0 aliphatic heterocycles. The lowest BCUT2D eigenvalue weighted by Gasteiger charge is -2.08. The smallest absolute Gasteiger partial charge is 0.303 e. The molecule has 0 amide bonds. The predicted octanol–water partition coefficient (Wildman–Crippen LogP) is 4.33. The number of carbonyl (C=O) groups excluding carboxylic acids is 2. The highest BCUT2D eigenvalue weighted by molar-refractivity contribution is 6.41. The minimum Gasteiger partial charge on any atom is -0.481 e. The summed E-state index contributed by atoms with van der Waals surface area (Å²) < 4.78 is 0. The molecule has 1 atom stereocenters. The highest BCUT2D eigenvalue weighted by Gasteiger charge is 2.11. The van der Waals surface area contributed by atoms with Crippen LogP contribution in [0.15, 0.2) is 48.6 Å². The van der Waals surface area contributed by atoms with E-state index in [9.17, 15) is 19.5 Å². The lowest BCUT2D eigenvalue weighted by molar-refractivity contribution is -0.139. The highest BCUT2D eigenvalue weighted by Crippen LogP contribution is 2.09. The van der Waals surface area contributed by atoms with Crippen molar-refractivity contribution in [2.24, 2.45) is 0 Å². The van der Waals surface area contributed by atoms with E-state index in [0.29, 0.717) is 0 Å². The van der Waals surface area contributed by atoms with Crippen molar-refractivity contribution in [3.63, 3.8) is 0 Å². The Morgan fingerprint density at radius 2 is 1.48 bits per heavy atom. The summed E-state index contributed by atoms with van der Waals surface area (Å²) >= 11 is 0. The van der Waals surface area contributed by atoms with Crippen molar-refractivity contribution in [2.75, 3.05) is 0 Å². The molecule has 5 heteroatoms. The van der Waals surface area contributed by atoms with E-state index in [4.69, 9.17) is 5.11 Å². The summed E-state index contributed by atoms with van der Waals surface area (Å²) in [6, 6.07) is 0. The molecular formula is C22H32O5. The van der Waals surface area contributed by atoms with Crippen LogP contribution in [-0.4, -0.2) is 33.9 Å². The van der Waals surface area contributed by atoms with Crippen LogP contribution >= 0.6 is 0 Å². The molecule has 0 aromatic rings. The molecule has 27 heavy (non-hydrogen) atoms. The van der Waals surface area contributed by atoms with Crippen molar-refractivity contribution in [3.8, 4) is 0 Å². The number of allylic oxidation sites excluding steroid dienone is 8. The SMILES string of the molecule is CCCCCC(O)CCCC=CC=CC=CC=CC(=O)C(=O)CCC(=O)O. The van der Waals surface area contributed by atoms with Crippen LogP contribution in [0.2, 0.25) is 0 Å². The summed E-state index contributed by atoms with van der Waals surface area (Å²) in [5.41, 5.74) is 0. The number of unbranched alkanes of at least 4 members (excludes halogenated alkanes) is 3. The number of carbonyl (C=O) groups is 3. The zero-order valence-corrected chi connectivity index (χ0v) is 16.2. The minimum atomic E-state index is -1.10. The van der Waals surface area contributed by atoms with Crippen molar-refractivity contribution < 1.29 is 24.6 Å². The molecule has 0 aromatic heterocycles. The molecule has 0 aromatic carbocycles. The quantitative estimate of drug-likeness (QED) is 0.181. The number of aliphatic carboxylic acids is 1. The van der Waals surface area contributed by atoms with Gasteiger partial charge in [-0.2, -0.15) is 0 Å². The lowest BCUT2D eigenvalue weighted by Crippen LogP contribution is -2.12. The average molecular weight is 376 g/mol. The van der Waals surface area contributed by atoms with E-state index in [1.165, 1.54) is 18.9 Å². The number of ketones is 2. The van der Waals surface area contributed by atoms with Crippen LogP contribution < -0.4 is 0 Å². The molecule has 0 saturated heterocycles. The van der Waals surface area contributed by atoms with Crippen molar-refractivity contribution in [1.29, 1.82) is 0 Å². The van der Waals surface area contributed by atoms with E-state index in [2.05, 4.69) is 6.92 Å². The number of rotatable bonds is 16. The second kappa shape index (κ2) is 17.2. The maximum atomic E-state index is 11.4. The first-order chi connectivity index (χ1) is 13.0. The van der Waals surface area contributed by atoms with Crippen LogP contribution in [0.5, 0.6) is 0 Å². The van der Waals surface area contributed by atoms with E-state index in [-0.39, 0.29) is 18.9 Å². The first-order valence-electron chi connectivity index (χ1n) is 9.61. The Morgan fingerprint density at radius 1 is 0.852 bits per heavy atom. The fraction of sp³-hybridized carbons (Fsp3) is 0.500. The molecule has 2 N–H and O–H groups in total. The summed E-state index contributed by atoms with van der Waals surface area (Å²) in [5.74, 6) is -2.49. The maximum Gasteiger partial charge on any atom is 0.303 e. The van der Waals surface area contributed by atoms with Crippen molar-refractivity contribution in [2.45, 2.75) is 70.8 Å². The van der Waals surface area contributed by atoms with Crippen LogP contribution in [0.4, 0.5) is 0 Å². The van der Waals surface area contributed by atoms with Crippen LogP contribution in [0.1, 0.15) is 64.7 Å². The monoisotopic (exact) mass is 376 g/mol. The van der Waals surface area contributed by atoms with Gasteiger partial charge in [-0.15, -0.1) is 0 Å². The number of hydrogen-bond donors (Lipinski definition) is 2. The van der Waals surface area contributed by atoms with Gasteiger partial charge in [0, 0.05) is 6.42 Å². The standard InChI is InChI=1S/C22H32O5/c1-2-3-11-14-19(23)15-12-9-7-5-4-6-8-10-13-16-20(24)21(25)17-18-22(26)27/h4-8,10,13,16,19,23H,2-3,9,11-12,14-15,17-18H2,1H3,(H,26,27). The zero-order valence-electron chi connectivity index (χ0n) is 16.2. The molecule has 0 bridgehead atoms. The zero-order chi connectivity index (χ0) is 20.3. The van der Waals surface area contributed by atoms with Gasteiger partial charge in [-0.25, -0.2) is 0 Å². The third kappa shape index (κ3) is 16.9. The number of carboxylic acids is 1. The molecule has 1 unspecified atom stereocenters. The molecule has 0 rings (SSSR count). The van der Waals surface area contributed by atoms with Crippen LogP contribution in [-0.2, 0) is 14.4 Å². The summed E-state index contributed by atoms with van der Waals surface area (Å²) in [4.78, 5) is 33.1. The van der Waals surface area contributed by atoms with Gasteiger partial charge in [0.15, 0.2) is 0 Å². The molecule has 0 radical (unpaired) electrons. The number of hydrogen-bond acceptors (Lipinski definition) is 4. The second-order valence-corrected chi connectivity index (χ2v) is 6.32. The van der Waals surface area contributed by atoms with Gasteiger partial charge in [0.2, 0.25) is 11.6 Å². The molecule has 0 aliphatic carbocycles. The summed E-state index contributed by atoms with van der Waals surface area (Å²) in [6.07, 6.45) is 19.9. The van der Waals surface area contributed by atoms with Gasteiger partial charge in [0.25, 0.3) is 0 Å². The molecule has 5 nitrogen and oxygen atoms in total. The lowest BCUT2D eigenvalue weighted by atomic mass is 10.1. The Labute approximate surface area is 162 Å². The molecule has 0 aliphatic rings. The van der Waals surface area contributed by atoms with E-state index >= 15 is 0 Å². The summed E-state index contributed by atoms with van der Waals surface area (Å²) in [6.45, 7) is 2.15. The largest absolute Gasteiger partial charge is 0.481 e. The summed E-state index contributed by atoms with van der Waals surface area (Å²) in [7, 11) is 0. The number of Topliss-reactive ketones (excluding diaryl/α,β-unsaturated/α-hetero) is 1. The summed E-state index contributed by atoms with van der Waals surface area (Å²) in [5, 5.41) is 18.3. The number of carboxylic acid groups (broad SMARTS) is 1. The normalized spacial score (nSPS) is 13.3. The number of aliphatic hydroxyl groups excluding tert-OH is 1. The van der Waals surface area contributed by atoms with Gasteiger partial charge in [0.05, 0.1) is 12.5 Å². The Balaban J connectivity index is 3.85. The average Bonchev–Trinajstić information content (AvgIpc) is 2.64. The Kier molecular flexibility index (Phi) is 15.7. The maximum absolute atomic E-state index is 11.4. The van der Waals surface area contributed by atoms with Gasteiger partial charge in [0.1, 0.15) is 0 Å². The van der Waals surface area contributed by atoms with E-state index in [1.807, 2.05) is 18.2 Å². The predicted molar refractivity (Wildman–Crippen MR) is 107 cm³/mol. The van der Waals surface area contributed by atoms with Crippen LogP contribution in [0.25, 0.3) is 0 Å². The fourth-order valence-corrected chi connectivity index (χ4v) is 2.26. The van der Waals surface area contributed by atoms with Crippen molar-refractivity contribution >= 4 is 17.5 Å². The van der Waals surface area contributed by atoms with Gasteiger partial charge in [-0.05, 0) is 31.8 Å². The Hall–Kier alpha value is -2.27. The van der Waals surface area contributed by atoms with Crippen LogP contribution in [0.3, 0.4) is 0 Å². The van der Waals surface area contributed by atoms with Gasteiger partial charge in [-0.1, -0.05) is 68.7 Å². The van der Waals surface area contributed by atoms with Crippen molar-refractivity contribution in [3.05, 3.63) is 48.6 Å². The van der Waals surface area contributed by atoms with Gasteiger partial charge >= 0.3 is 5.97 Å². The topological polar surface area (TPSA) is 91.7 Å². The van der Waals surface area contributed by atoms with Crippen LogP contribution in [0, 0.1) is 0 Å². The number of aliphatic hydroxyl groups is 1. The first kappa shape index (κ1) is 24.7. The van der Waals surface area contributed by atoms with E-state index < -0.39 is 17.5 Å². The first-order valence-corrected chi connectivity index (χ1v) is 9.61. The third-order valence-corrected chi connectivity index (χ3v) is 3.83. The molecule has 0 saturated carbocycles. The van der Waals surface area contributed by atoms with Crippen molar-refractivity contribution in [1.82, 2.24) is 0 Å². The third-order valence-electron chi connectivity index (χ3n) is 3.83. The Morgan fingerprint density at radius 3 is 2.15 bits per heavy atom. The molecule has 0 fully saturated rings. The fourth-order valence-electron chi connectivity index (χ4n) is 2.26.